The third kappa shape index (κ3) is 3.64. The summed E-state index contributed by atoms with van der Waals surface area (Å²) in [5.41, 5.74) is 4.95. The number of benzene rings is 1. The molecule has 1 aromatic heterocycles. The van der Waals surface area contributed by atoms with E-state index >= 15 is 0 Å². The lowest BCUT2D eigenvalue weighted by atomic mass is 10.0. The minimum absolute atomic E-state index is 0.145. The van der Waals surface area contributed by atoms with Crippen LogP contribution in [0.4, 0.5) is 0 Å². The number of hydrazine groups is 1. The summed E-state index contributed by atoms with van der Waals surface area (Å²) < 4.78 is 8.48. The van der Waals surface area contributed by atoms with Gasteiger partial charge in [0.25, 0.3) is 0 Å². The number of halogens is 1. The van der Waals surface area contributed by atoms with Crippen molar-refractivity contribution in [2.75, 3.05) is 6.61 Å². The van der Waals surface area contributed by atoms with E-state index in [9.17, 15) is 0 Å². The Balaban J connectivity index is 2.39. The van der Waals surface area contributed by atoms with Gasteiger partial charge in [-0.1, -0.05) is 19.1 Å². The zero-order valence-corrected chi connectivity index (χ0v) is 13.9. The van der Waals surface area contributed by atoms with Crippen LogP contribution in [0.15, 0.2) is 34.9 Å². The Labute approximate surface area is 133 Å². The van der Waals surface area contributed by atoms with Crippen LogP contribution in [-0.2, 0) is 6.54 Å². The molecule has 1 atom stereocenters. The Hall–Kier alpha value is -1.37. The molecule has 0 fully saturated rings. The van der Waals surface area contributed by atoms with E-state index in [1.54, 1.807) is 0 Å². The van der Waals surface area contributed by atoms with E-state index in [1.807, 2.05) is 42.1 Å². The molecule has 21 heavy (non-hydrogen) atoms. The van der Waals surface area contributed by atoms with Gasteiger partial charge in [0.05, 0.1) is 29.0 Å². The van der Waals surface area contributed by atoms with Crippen molar-refractivity contribution in [2.24, 2.45) is 5.84 Å². The Morgan fingerprint density at radius 1 is 1.43 bits per heavy atom. The molecule has 0 aliphatic carbocycles. The van der Waals surface area contributed by atoms with Crippen molar-refractivity contribution in [3.63, 3.8) is 0 Å². The Kier molecular flexibility index (Phi) is 5.78. The van der Waals surface area contributed by atoms with Crippen molar-refractivity contribution in [1.82, 2.24) is 15.2 Å². The molecule has 3 N–H and O–H groups in total. The maximum atomic E-state index is 5.80. The first-order chi connectivity index (χ1) is 10.2. The molecule has 2 rings (SSSR count). The first-order valence-electron chi connectivity index (χ1n) is 7.11. The highest BCUT2D eigenvalue weighted by molar-refractivity contribution is 9.10. The van der Waals surface area contributed by atoms with Crippen molar-refractivity contribution in [2.45, 2.75) is 32.9 Å². The lowest BCUT2D eigenvalue weighted by Crippen LogP contribution is -2.31. The molecular weight excluding hydrogens is 332 g/mol. The van der Waals surface area contributed by atoms with Gasteiger partial charge >= 0.3 is 0 Å². The molecule has 0 aliphatic rings. The van der Waals surface area contributed by atoms with Gasteiger partial charge in [0.1, 0.15) is 5.75 Å². The summed E-state index contributed by atoms with van der Waals surface area (Å²) in [6.07, 6.45) is 2.82. The SMILES string of the molecule is CCCn1ncc(Br)c1C(NN)c1cccc(OCC)c1. The summed E-state index contributed by atoms with van der Waals surface area (Å²) in [7, 11) is 0. The number of aryl methyl sites for hydroxylation is 1. The van der Waals surface area contributed by atoms with Crippen LogP contribution in [0.25, 0.3) is 0 Å². The third-order valence-electron chi connectivity index (χ3n) is 3.21. The van der Waals surface area contributed by atoms with Gasteiger partial charge < -0.3 is 4.74 Å². The zero-order chi connectivity index (χ0) is 15.2. The number of nitrogens with one attached hydrogen (secondary N) is 1. The van der Waals surface area contributed by atoms with Crippen LogP contribution in [0.3, 0.4) is 0 Å². The maximum Gasteiger partial charge on any atom is 0.119 e. The van der Waals surface area contributed by atoms with E-state index < -0.39 is 0 Å². The molecule has 0 saturated heterocycles. The maximum absolute atomic E-state index is 5.80. The largest absolute Gasteiger partial charge is 0.494 e. The van der Waals surface area contributed by atoms with Gasteiger partial charge in [0.15, 0.2) is 0 Å². The van der Waals surface area contributed by atoms with Crippen LogP contribution >= 0.6 is 15.9 Å². The van der Waals surface area contributed by atoms with Gasteiger partial charge in [-0.2, -0.15) is 5.10 Å². The van der Waals surface area contributed by atoms with E-state index in [1.165, 1.54) is 0 Å². The monoisotopic (exact) mass is 352 g/mol. The molecule has 5 nitrogen and oxygen atoms in total. The summed E-state index contributed by atoms with van der Waals surface area (Å²) in [5.74, 6) is 6.64. The highest BCUT2D eigenvalue weighted by Crippen LogP contribution is 2.30. The topological polar surface area (TPSA) is 65.1 Å². The van der Waals surface area contributed by atoms with Gasteiger partial charge in [-0.05, 0) is 47.0 Å². The second-order valence-corrected chi connectivity index (χ2v) is 5.56. The smallest absolute Gasteiger partial charge is 0.119 e. The van der Waals surface area contributed by atoms with Crippen molar-refractivity contribution in [3.8, 4) is 5.75 Å². The van der Waals surface area contributed by atoms with E-state index in [-0.39, 0.29) is 6.04 Å². The van der Waals surface area contributed by atoms with E-state index in [4.69, 9.17) is 10.6 Å². The molecule has 1 aromatic carbocycles. The molecule has 6 heteroatoms. The van der Waals surface area contributed by atoms with Crippen LogP contribution in [0.2, 0.25) is 0 Å². The lowest BCUT2D eigenvalue weighted by molar-refractivity contribution is 0.339. The summed E-state index contributed by atoms with van der Waals surface area (Å²) in [6.45, 7) is 5.59. The summed E-state index contributed by atoms with van der Waals surface area (Å²) in [5, 5.41) is 4.40. The number of hydrogen-bond donors (Lipinski definition) is 2. The quantitative estimate of drug-likeness (QED) is 0.593. The average molecular weight is 353 g/mol. The van der Waals surface area contributed by atoms with E-state index in [0.29, 0.717) is 6.61 Å². The number of ether oxygens (including phenoxy) is 1. The zero-order valence-electron chi connectivity index (χ0n) is 12.3. The van der Waals surface area contributed by atoms with Crippen molar-refractivity contribution in [3.05, 3.63) is 46.2 Å². The second-order valence-electron chi connectivity index (χ2n) is 4.71. The molecule has 0 bridgehead atoms. The van der Waals surface area contributed by atoms with Crippen molar-refractivity contribution in [1.29, 1.82) is 0 Å². The van der Waals surface area contributed by atoms with Crippen molar-refractivity contribution >= 4 is 15.9 Å². The molecule has 1 heterocycles. The van der Waals surface area contributed by atoms with Gasteiger partial charge in [-0.3, -0.25) is 10.5 Å². The third-order valence-corrected chi connectivity index (χ3v) is 3.82. The molecule has 0 aliphatic heterocycles. The van der Waals surface area contributed by atoms with Crippen LogP contribution in [0.5, 0.6) is 5.75 Å². The van der Waals surface area contributed by atoms with E-state index in [2.05, 4.69) is 33.4 Å². The minimum atomic E-state index is -0.145. The molecule has 2 aromatic rings. The summed E-state index contributed by atoms with van der Waals surface area (Å²) >= 11 is 3.56. The Morgan fingerprint density at radius 3 is 2.90 bits per heavy atom. The summed E-state index contributed by atoms with van der Waals surface area (Å²) in [4.78, 5) is 0. The van der Waals surface area contributed by atoms with Gasteiger partial charge in [-0.25, -0.2) is 5.43 Å². The van der Waals surface area contributed by atoms with Crippen molar-refractivity contribution < 1.29 is 4.74 Å². The van der Waals surface area contributed by atoms with Crippen LogP contribution < -0.4 is 16.0 Å². The summed E-state index contributed by atoms with van der Waals surface area (Å²) in [6, 6.07) is 7.80. The lowest BCUT2D eigenvalue weighted by Gasteiger charge is -2.19. The standard InChI is InChI=1S/C15H21BrN4O/c1-3-8-20-15(13(16)10-18-20)14(19-17)11-6-5-7-12(9-11)21-4-2/h5-7,9-10,14,19H,3-4,8,17H2,1-2H3. The molecule has 0 saturated carbocycles. The molecule has 0 radical (unpaired) electrons. The Morgan fingerprint density at radius 2 is 2.24 bits per heavy atom. The molecule has 1 unspecified atom stereocenters. The fourth-order valence-corrected chi connectivity index (χ4v) is 2.86. The molecule has 0 amide bonds. The second kappa shape index (κ2) is 7.59. The fraction of sp³-hybridized carbons (Fsp3) is 0.400. The average Bonchev–Trinajstić information content (AvgIpc) is 2.83. The molecule has 0 spiro atoms. The van der Waals surface area contributed by atoms with Gasteiger partial charge in [-0.15, -0.1) is 0 Å². The van der Waals surface area contributed by atoms with Crippen LogP contribution in [0.1, 0.15) is 37.6 Å². The molecule has 114 valence electrons. The van der Waals surface area contributed by atoms with E-state index in [0.717, 1.165) is 34.4 Å². The van der Waals surface area contributed by atoms with Gasteiger partial charge in [0.2, 0.25) is 0 Å². The predicted molar refractivity (Wildman–Crippen MR) is 87.0 cm³/mol. The number of rotatable bonds is 7. The predicted octanol–water partition coefficient (Wildman–Crippen LogP) is 3.01. The highest BCUT2D eigenvalue weighted by Gasteiger charge is 2.21. The number of nitrogens with two attached hydrogens (primary N) is 1. The van der Waals surface area contributed by atoms with Gasteiger partial charge in [0, 0.05) is 6.54 Å². The highest BCUT2D eigenvalue weighted by atomic mass is 79.9. The minimum Gasteiger partial charge on any atom is -0.494 e. The number of hydrogen-bond acceptors (Lipinski definition) is 4. The Bertz CT molecular complexity index is 585. The number of aromatic nitrogens is 2. The fourth-order valence-electron chi connectivity index (χ4n) is 2.33. The normalized spacial score (nSPS) is 12.4. The number of nitrogens with zero attached hydrogens (tertiary/aromatic N) is 2. The van der Waals surface area contributed by atoms with Crippen LogP contribution in [-0.4, -0.2) is 16.4 Å². The first kappa shape index (κ1) is 16.0. The van der Waals surface area contributed by atoms with Crippen LogP contribution in [0, 0.1) is 0 Å². The first-order valence-corrected chi connectivity index (χ1v) is 7.90. The molecular formula is C15H21BrN4O.